The smallest absolute Gasteiger partial charge is 0.153 e. The van der Waals surface area contributed by atoms with Gasteiger partial charge in [-0.15, -0.1) is 0 Å². The van der Waals surface area contributed by atoms with Crippen LogP contribution in [-0.2, 0) is 9.59 Å². The summed E-state index contributed by atoms with van der Waals surface area (Å²) in [6.07, 6.45) is 43.9. The number of hydrogen-bond donors (Lipinski definition) is 0. The Labute approximate surface area is 276 Å². The molecule has 0 aromatic rings. The quantitative estimate of drug-likeness (QED) is 0.0534. The fourth-order valence-electron chi connectivity index (χ4n) is 6.00. The summed E-state index contributed by atoms with van der Waals surface area (Å²) in [4.78, 5) is 28.0. The SMILES string of the molecule is CCCCCCCC/C=C\CCCCCCCC(=O)CC(C)(C(=O)CCCCCCC/C=C\CCCCCCCC)N(C)C. The van der Waals surface area contributed by atoms with Crippen molar-refractivity contribution in [2.75, 3.05) is 14.1 Å². The zero-order valence-electron chi connectivity index (χ0n) is 30.6. The second-order valence-electron chi connectivity index (χ2n) is 14.0. The molecule has 0 fully saturated rings. The van der Waals surface area contributed by atoms with Gasteiger partial charge in [-0.25, -0.2) is 0 Å². The van der Waals surface area contributed by atoms with Gasteiger partial charge in [0.25, 0.3) is 0 Å². The Balaban J connectivity index is 3.88. The zero-order valence-corrected chi connectivity index (χ0v) is 30.6. The predicted octanol–water partition coefficient (Wildman–Crippen LogP) is 12.9. The molecule has 1 unspecified atom stereocenters. The molecule has 1 atom stereocenters. The van der Waals surface area contributed by atoms with Crippen molar-refractivity contribution in [2.45, 2.75) is 213 Å². The maximum Gasteiger partial charge on any atom is 0.153 e. The molecule has 0 radical (unpaired) electrons. The Kier molecular flexibility index (Phi) is 30.9. The summed E-state index contributed by atoms with van der Waals surface area (Å²) in [6.45, 7) is 6.52. The van der Waals surface area contributed by atoms with Crippen molar-refractivity contribution in [3.05, 3.63) is 24.3 Å². The van der Waals surface area contributed by atoms with E-state index in [4.69, 9.17) is 0 Å². The molecule has 0 spiro atoms. The normalized spacial score (nSPS) is 13.4. The fraction of sp³-hybridized carbons (Fsp3) is 0.854. The molecule has 0 aliphatic heterocycles. The van der Waals surface area contributed by atoms with Crippen LogP contribution in [-0.4, -0.2) is 36.1 Å². The number of carbonyl (C=O) groups excluding carboxylic acids is 2. The Bertz CT molecular complexity index is 709. The molecule has 0 aliphatic rings. The van der Waals surface area contributed by atoms with Gasteiger partial charge in [-0.3, -0.25) is 14.5 Å². The van der Waals surface area contributed by atoms with Gasteiger partial charge in [0, 0.05) is 19.3 Å². The first-order chi connectivity index (χ1) is 21.4. The number of ketones is 2. The standard InChI is InChI=1S/C41H77NO2/c1-6-8-10-12-14-16-18-20-22-24-26-28-30-32-34-36-39(43)38-41(3,42(4)5)40(44)37-35-33-31-29-27-25-23-21-19-17-15-13-11-9-7-2/h20-23H,6-19,24-38H2,1-5H3/b22-20-,23-21-. The predicted molar refractivity (Wildman–Crippen MR) is 196 cm³/mol. The van der Waals surface area contributed by atoms with Gasteiger partial charge < -0.3 is 0 Å². The second-order valence-corrected chi connectivity index (χ2v) is 14.0. The third kappa shape index (κ3) is 26.0. The van der Waals surface area contributed by atoms with E-state index in [9.17, 15) is 9.59 Å². The minimum atomic E-state index is -0.667. The van der Waals surface area contributed by atoms with Crippen LogP contribution in [0.4, 0.5) is 0 Å². The van der Waals surface area contributed by atoms with Crippen LogP contribution in [0.5, 0.6) is 0 Å². The first-order valence-electron chi connectivity index (χ1n) is 19.4. The average molecular weight is 616 g/mol. The number of Topliss-reactive ketones (excluding diaryl/α,β-unsaturated/α-hetero) is 2. The second kappa shape index (κ2) is 31.7. The third-order valence-corrected chi connectivity index (χ3v) is 9.51. The molecule has 0 rings (SSSR count). The third-order valence-electron chi connectivity index (χ3n) is 9.51. The molecule has 0 amide bonds. The number of unbranched alkanes of at least 4 members (excludes halogenated alkanes) is 22. The molecule has 0 bridgehead atoms. The summed E-state index contributed by atoms with van der Waals surface area (Å²) in [5.41, 5.74) is -0.667. The fourth-order valence-corrected chi connectivity index (χ4v) is 6.00. The highest BCUT2D eigenvalue weighted by Crippen LogP contribution is 2.24. The van der Waals surface area contributed by atoms with Crippen molar-refractivity contribution < 1.29 is 9.59 Å². The summed E-state index contributed by atoms with van der Waals surface area (Å²) in [5, 5.41) is 0. The van der Waals surface area contributed by atoms with Crippen LogP contribution in [0.2, 0.25) is 0 Å². The molecule has 0 N–H and O–H groups in total. The Hall–Kier alpha value is -1.22. The molecular weight excluding hydrogens is 538 g/mol. The topological polar surface area (TPSA) is 37.4 Å². The van der Waals surface area contributed by atoms with Gasteiger partial charge in [0.1, 0.15) is 5.78 Å². The van der Waals surface area contributed by atoms with E-state index < -0.39 is 5.54 Å². The van der Waals surface area contributed by atoms with Crippen molar-refractivity contribution in [3.63, 3.8) is 0 Å². The van der Waals surface area contributed by atoms with Crippen LogP contribution in [0.1, 0.15) is 207 Å². The molecule has 3 heteroatoms. The van der Waals surface area contributed by atoms with Gasteiger partial charge in [-0.05, 0) is 85.2 Å². The van der Waals surface area contributed by atoms with Gasteiger partial charge in [0.05, 0.1) is 5.54 Å². The maximum atomic E-state index is 13.2. The molecule has 3 nitrogen and oxygen atoms in total. The largest absolute Gasteiger partial charge is 0.300 e. The lowest BCUT2D eigenvalue weighted by Gasteiger charge is -2.34. The van der Waals surface area contributed by atoms with Gasteiger partial charge in [-0.2, -0.15) is 0 Å². The number of carbonyl (C=O) groups is 2. The number of hydrogen-bond acceptors (Lipinski definition) is 3. The molecule has 0 saturated carbocycles. The van der Waals surface area contributed by atoms with Gasteiger partial charge in [0.15, 0.2) is 5.78 Å². The summed E-state index contributed by atoms with van der Waals surface area (Å²) in [5.74, 6) is 0.481. The van der Waals surface area contributed by atoms with E-state index in [-0.39, 0.29) is 11.6 Å². The lowest BCUT2D eigenvalue weighted by atomic mass is 9.85. The molecule has 258 valence electrons. The molecular formula is C41H77NO2. The van der Waals surface area contributed by atoms with Crippen molar-refractivity contribution in [3.8, 4) is 0 Å². The molecule has 0 aromatic carbocycles. The van der Waals surface area contributed by atoms with Crippen LogP contribution in [0.15, 0.2) is 24.3 Å². The van der Waals surface area contributed by atoms with Crippen LogP contribution in [0.25, 0.3) is 0 Å². The summed E-state index contributed by atoms with van der Waals surface area (Å²) < 4.78 is 0. The van der Waals surface area contributed by atoms with E-state index in [1.165, 1.54) is 141 Å². The lowest BCUT2D eigenvalue weighted by molar-refractivity contribution is -0.134. The van der Waals surface area contributed by atoms with E-state index in [0.29, 0.717) is 19.3 Å². The summed E-state index contributed by atoms with van der Waals surface area (Å²) in [7, 11) is 3.90. The van der Waals surface area contributed by atoms with Crippen molar-refractivity contribution >= 4 is 11.6 Å². The van der Waals surface area contributed by atoms with E-state index in [1.807, 2.05) is 25.9 Å². The highest BCUT2D eigenvalue weighted by molar-refractivity contribution is 5.93. The number of rotatable bonds is 34. The van der Waals surface area contributed by atoms with Gasteiger partial charge in [-0.1, -0.05) is 141 Å². The van der Waals surface area contributed by atoms with Crippen LogP contribution in [0, 0.1) is 0 Å². The minimum Gasteiger partial charge on any atom is -0.300 e. The van der Waals surface area contributed by atoms with Crippen LogP contribution in [0.3, 0.4) is 0 Å². The number of likely N-dealkylation sites (N-methyl/N-ethyl adjacent to an activating group) is 1. The van der Waals surface area contributed by atoms with Gasteiger partial charge in [0.2, 0.25) is 0 Å². The van der Waals surface area contributed by atoms with E-state index >= 15 is 0 Å². The summed E-state index contributed by atoms with van der Waals surface area (Å²) >= 11 is 0. The highest BCUT2D eigenvalue weighted by atomic mass is 16.1. The van der Waals surface area contributed by atoms with Crippen LogP contribution >= 0.6 is 0 Å². The van der Waals surface area contributed by atoms with E-state index in [0.717, 1.165) is 25.7 Å². The first kappa shape index (κ1) is 42.8. The van der Waals surface area contributed by atoms with Crippen molar-refractivity contribution in [2.24, 2.45) is 0 Å². The minimum absolute atomic E-state index is 0.234. The molecule has 44 heavy (non-hydrogen) atoms. The summed E-state index contributed by atoms with van der Waals surface area (Å²) in [6, 6.07) is 0. The Morgan fingerprint density at radius 2 is 0.795 bits per heavy atom. The highest BCUT2D eigenvalue weighted by Gasteiger charge is 2.36. The van der Waals surface area contributed by atoms with Crippen molar-refractivity contribution in [1.82, 2.24) is 4.90 Å². The van der Waals surface area contributed by atoms with Crippen molar-refractivity contribution in [1.29, 1.82) is 0 Å². The Morgan fingerprint density at radius 1 is 0.477 bits per heavy atom. The van der Waals surface area contributed by atoms with Gasteiger partial charge >= 0.3 is 0 Å². The van der Waals surface area contributed by atoms with Crippen LogP contribution < -0.4 is 0 Å². The average Bonchev–Trinajstić information content (AvgIpc) is 3.00. The zero-order chi connectivity index (χ0) is 32.6. The van der Waals surface area contributed by atoms with E-state index in [2.05, 4.69) is 38.2 Å². The number of allylic oxidation sites excluding steroid dienone is 4. The Morgan fingerprint density at radius 3 is 1.16 bits per heavy atom. The monoisotopic (exact) mass is 616 g/mol. The molecule has 0 saturated heterocycles. The molecule has 0 aliphatic carbocycles. The molecule has 0 heterocycles. The number of nitrogens with zero attached hydrogens (tertiary/aromatic N) is 1. The maximum absolute atomic E-state index is 13.2. The lowest BCUT2D eigenvalue weighted by Crippen LogP contribution is -2.50. The molecule has 0 aromatic heterocycles. The van der Waals surface area contributed by atoms with E-state index in [1.54, 1.807) is 0 Å². The first-order valence-corrected chi connectivity index (χ1v) is 19.4.